The van der Waals surface area contributed by atoms with Crippen molar-refractivity contribution >= 4 is 48.1 Å². The molecule has 7 heteroatoms. The minimum absolute atomic E-state index is 0. The van der Waals surface area contributed by atoms with Gasteiger partial charge in [-0.3, -0.25) is 8.42 Å². The maximum absolute atomic E-state index is 8.52. The van der Waals surface area contributed by atoms with E-state index in [0.717, 1.165) is 0 Å². The van der Waals surface area contributed by atoms with Crippen LogP contribution in [0.3, 0.4) is 0 Å². The van der Waals surface area contributed by atoms with Gasteiger partial charge in [-0.2, -0.15) is 0 Å². The van der Waals surface area contributed by atoms with Crippen LogP contribution in [0.15, 0.2) is 0 Å². The third kappa shape index (κ3) is 67.3. The quantitative estimate of drug-likeness (QED) is 0.202. The van der Waals surface area contributed by atoms with Crippen LogP contribution in [0.1, 0.15) is 0 Å². The zero-order valence-electron chi connectivity index (χ0n) is 3.75. The molecular formula is CaNaO4S+. The molecule has 0 amide bonds. The second-order valence-corrected chi connectivity index (χ2v) is 1.22. The van der Waals surface area contributed by atoms with Gasteiger partial charge in [-0.25, -0.2) is 0 Å². The van der Waals surface area contributed by atoms with Crippen molar-refractivity contribution < 1.29 is 47.1 Å². The molecule has 0 aliphatic heterocycles. The molecule has 0 rings (SSSR count). The molecule has 0 aromatic carbocycles. The van der Waals surface area contributed by atoms with Gasteiger partial charge in [0.25, 0.3) is 0 Å². The second kappa shape index (κ2) is 6.25. The van der Waals surface area contributed by atoms with Crippen molar-refractivity contribution in [3.63, 3.8) is 0 Å². The van der Waals surface area contributed by atoms with E-state index in [1.165, 1.54) is 0 Å². The molecule has 7 heavy (non-hydrogen) atoms. The smallest absolute Gasteiger partial charge is 0.759 e. The van der Waals surface area contributed by atoms with Crippen LogP contribution >= 0.6 is 0 Å². The van der Waals surface area contributed by atoms with E-state index in [4.69, 9.17) is 17.5 Å². The normalized spacial score (nSPS) is 8.29. The average Bonchev–Trinajstić information content (AvgIpc) is 0.722. The summed E-state index contributed by atoms with van der Waals surface area (Å²) >= 11 is 0. The van der Waals surface area contributed by atoms with Crippen molar-refractivity contribution in [3.8, 4) is 0 Å². The largest absolute Gasteiger partial charge is 2.00 e. The molecule has 0 unspecified atom stereocenters. The van der Waals surface area contributed by atoms with Gasteiger partial charge in [0.15, 0.2) is 0 Å². The average molecular weight is 159 g/mol. The van der Waals surface area contributed by atoms with Crippen LogP contribution in [-0.4, -0.2) is 55.3 Å². The van der Waals surface area contributed by atoms with Gasteiger partial charge >= 0.3 is 67.3 Å². The zero-order chi connectivity index (χ0) is 4.50. The molecular weight excluding hydrogens is 159 g/mol. The number of rotatable bonds is 0. The van der Waals surface area contributed by atoms with E-state index in [1.807, 2.05) is 0 Å². The van der Waals surface area contributed by atoms with Crippen LogP contribution in [-0.2, 0) is 10.4 Å². The van der Waals surface area contributed by atoms with Gasteiger partial charge in [-0.15, -0.1) is 0 Å². The number of hydrogen-bond acceptors (Lipinski definition) is 4. The Morgan fingerprint density at radius 1 is 1.14 bits per heavy atom. The summed E-state index contributed by atoms with van der Waals surface area (Å²) < 4.78 is 34.1. The standard InChI is InChI=1S/Ca.Na.H2O4S/c;;1-5(2,3)4/h;;(H2,1,2,3,4)/q+2;+1;/p-2. The van der Waals surface area contributed by atoms with Crippen molar-refractivity contribution in [1.82, 2.24) is 0 Å². The summed E-state index contributed by atoms with van der Waals surface area (Å²) in [6, 6.07) is 0. The van der Waals surface area contributed by atoms with Gasteiger partial charge in [0, 0.05) is 10.4 Å². The fourth-order valence-corrected chi connectivity index (χ4v) is 0. The summed E-state index contributed by atoms with van der Waals surface area (Å²) in [6.45, 7) is 0. The fraction of sp³-hybridized carbons (Fsp3) is 0. The molecule has 0 heterocycles. The molecule has 0 aromatic rings. The summed E-state index contributed by atoms with van der Waals surface area (Å²) in [6.07, 6.45) is 0. The first-order valence-corrected chi connectivity index (χ1v) is 2.00. The Labute approximate surface area is 93.5 Å². The van der Waals surface area contributed by atoms with Gasteiger partial charge in [0.05, 0.1) is 0 Å². The third-order valence-electron chi connectivity index (χ3n) is 0. The first-order valence-electron chi connectivity index (χ1n) is 0.667. The summed E-state index contributed by atoms with van der Waals surface area (Å²) in [5, 5.41) is 0. The Morgan fingerprint density at radius 3 is 1.14 bits per heavy atom. The molecule has 0 atom stereocenters. The monoisotopic (exact) mass is 159 g/mol. The van der Waals surface area contributed by atoms with Crippen LogP contribution < -0.4 is 29.6 Å². The Hall–Kier alpha value is 2.13. The van der Waals surface area contributed by atoms with Crippen LogP contribution in [0.5, 0.6) is 0 Å². The van der Waals surface area contributed by atoms with E-state index >= 15 is 0 Å². The van der Waals surface area contributed by atoms with E-state index in [1.54, 1.807) is 0 Å². The third-order valence-corrected chi connectivity index (χ3v) is 0. The molecule has 0 N–H and O–H groups in total. The minimum Gasteiger partial charge on any atom is -0.759 e. The summed E-state index contributed by atoms with van der Waals surface area (Å²) in [5.74, 6) is 0. The Kier molecular flexibility index (Phi) is 14.3. The molecule has 32 valence electrons. The van der Waals surface area contributed by atoms with Gasteiger partial charge in [-0.1, -0.05) is 0 Å². The molecule has 0 saturated carbocycles. The molecule has 0 spiro atoms. The second-order valence-electron chi connectivity index (χ2n) is 0.408. The van der Waals surface area contributed by atoms with Gasteiger partial charge < -0.3 is 9.11 Å². The van der Waals surface area contributed by atoms with Crippen LogP contribution in [0.2, 0.25) is 0 Å². The van der Waals surface area contributed by atoms with Crippen LogP contribution in [0.4, 0.5) is 0 Å². The first kappa shape index (κ1) is 16.1. The molecule has 0 aliphatic rings. The van der Waals surface area contributed by atoms with E-state index in [0.29, 0.717) is 0 Å². The van der Waals surface area contributed by atoms with E-state index < -0.39 is 10.4 Å². The Balaban J connectivity index is -0.0000000800. The molecule has 0 aromatic heterocycles. The Morgan fingerprint density at radius 2 is 1.14 bits per heavy atom. The van der Waals surface area contributed by atoms with Gasteiger partial charge in [0.1, 0.15) is 0 Å². The molecule has 0 aliphatic carbocycles. The predicted molar refractivity (Wildman–Crippen MR) is 16.2 cm³/mol. The van der Waals surface area contributed by atoms with Crippen LogP contribution in [0.25, 0.3) is 0 Å². The maximum atomic E-state index is 8.52. The van der Waals surface area contributed by atoms with E-state index in [9.17, 15) is 0 Å². The maximum Gasteiger partial charge on any atom is 2.00 e. The summed E-state index contributed by atoms with van der Waals surface area (Å²) in [7, 11) is -5.17. The Bertz CT molecular complexity index is 94.9. The summed E-state index contributed by atoms with van der Waals surface area (Å²) in [5.41, 5.74) is 0. The van der Waals surface area contributed by atoms with Gasteiger partial charge in [0.2, 0.25) is 0 Å². The van der Waals surface area contributed by atoms with Crippen molar-refractivity contribution in [2.75, 3.05) is 0 Å². The minimum atomic E-state index is -5.17. The van der Waals surface area contributed by atoms with Crippen molar-refractivity contribution in [2.45, 2.75) is 0 Å². The topological polar surface area (TPSA) is 80.3 Å². The molecule has 0 saturated heterocycles. The van der Waals surface area contributed by atoms with Gasteiger partial charge in [-0.05, 0) is 0 Å². The molecule has 0 fully saturated rings. The van der Waals surface area contributed by atoms with E-state index in [-0.39, 0.29) is 67.3 Å². The fourth-order valence-electron chi connectivity index (χ4n) is 0. The van der Waals surface area contributed by atoms with Crippen molar-refractivity contribution in [3.05, 3.63) is 0 Å². The van der Waals surface area contributed by atoms with Crippen molar-refractivity contribution in [2.24, 2.45) is 0 Å². The molecule has 0 bridgehead atoms. The first-order chi connectivity index (χ1) is 2.00. The SMILES string of the molecule is O=S(=O)([O-])[O-].[Ca+2].[Na+]. The zero-order valence-corrected chi connectivity index (χ0v) is 8.77. The van der Waals surface area contributed by atoms with E-state index in [2.05, 4.69) is 0 Å². The molecule has 4 nitrogen and oxygen atoms in total. The summed E-state index contributed by atoms with van der Waals surface area (Å²) in [4.78, 5) is 0. The predicted octanol–water partition coefficient (Wildman–Crippen LogP) is -4.71. The van der Waals surface area contributed by atoms with Crippen LogP contribution in [0, 0.1) is 0 Å². The van der Waals surface area contributed by atoms with Crippen molar-refractivity contribution in [1.29, 1.82) is 0 Å². The molecule has 0 radical (unpaired) electrons. The number of hydrogen-bond donors (Lipinski definition) is 0.